The molecule has 1 atom stereocenters. The Morgan fingerprint density at radius 3 is 3.05 bits per heavy atom. The summed E-state index contributed by atoms with van der Waals surface area (Å²) in [4.78, 5) is 8.49. The molecular weight excluding hydrogens is 274 g/mol. The van der Waals surface area contributed by atoms with Gasteiger partial charge in [-0.2, -0.15) is 0 Å². The third-order valence-electron chi connectivity index (χ3n) is 3.54. The molecule has 1 aliphatic heterocycles. The van der Waals surface area contributed by atoms with Crippen LogP contribution in [0.2, 0.25) is 5.02 Å². The molecule has 3 rings (SSSR count). The van der Waals surface area contributed by atoms with Crippen LogP contribution in [0.5, 0.6) is 5.75 Å². The minimum atomic E-state index is 0.0930. The normalized spacial score (nSPS) is 14.7. The number of nitrogens with one attached hydrogen (secondary N) is 1. The third kappa shape index (κ3) is 2.62. The summed E-state index contributed by atoms with van der Waals surface area (Å²) in [7, 11) is 1.92. The Morgan fingerprint density at radius 1 is 1.40 bits per heavy atom. The Bertz CT molecular complexity index is 604. The maximum Gasteiger partial charge on any atom is 0.125 e. The molecule has 1 aliphatic rings. The predicted molar refractivity (Wildman–Crippen MR) is 78.2 cm³/mol. The first-order chi connectivity index (χ1) is 9.78. The van der Waals surface area contributed by atoms with Crippen molar-refractivity contribution in [3.05, 3.63) is 52.6 Å². The van der Waals surface area contributed by atoms with E-state index in [4.69, 9.17) is 16.3 Å². The Labute approximate surface area is 123 Å². The summed E-state index contributed by atoms with van der Waals surface area (Å²) in [5.41, 5.74) is 3.23. The average Bonchev–Trinajstić information content (AvgIpc) is 2.93. The fourth-order valence-electron chi connectivity index (χ4n) is 2.56. The van der Waals surface area contributed by atoms with Crippen LogP contribution in [0.25, 0.3) is 0 Å². The van der Waals surface area contributed by atoms with E-state index in [1.807, 2.05) is 19.2 Å². The number of rotatable bonds is 4. The van der Waals surface area contributed by atoms with Gasteiger partial charge < -0.3 is 10.1 Å². The zero-order chi connectivity index (χ0) is 13.9. The van der Waals surface area contributed by atoms with Gasteiger partial charge in [0.2, 0.25) is 0 Å². The largest absolute Gasteiger partial charge is 0.493 e. The molecular formula is C15H16ClN3O. The van der Waals surface area contributed by atoms with E-state index < -0.39 is 0 Å². The van der Waals surface area contributed by atoms with Crippen LogP contribution in [0, 0.1) is 0 Å². The van der Waals surface area contributed by atoms with Gasteiger partial charge in [0.05, 0.1) is 18.3 Å². The van der Waals surface area contributed by atoms with Crippen LogP contribution in [-0.2, 0) is 12.8 Å². The quantitative estimate of drug-likeness (QED) is 0.940. The highest BCUT2D eigenvalue weighted by molar-refractivity contribution is 6.30. The minimum Gasteiger partial charge on any atom is -0.493 e. The van der Waals surface area contributed by atoms with Crippen molar-refractivity contribution in [2.75, 3.05) is 13.7 Å². The summed E-state index contributed by atoms with van der Waals surface area (Å²) in [5.74, 6) is 0.985. The molecule has 0 radical (unpaired) electrons. The van der Waals surface area contributed by atoms with Gasteiger partial charge in [-0.25, -0.2) is 0 Å². The summed E-state index contributed by atoms with van der Waals surface area (Å²) < 4.78 is 5.74. The standard InChI is InChI=1S/C15H16ClN3O/c1-17-13(14-9-18-3-4-19-14)8-11-7-12(16)6-10-2-5-20-15(10)11/h3-4,6-7,9,13,17H,2,5,8H2,1H3. The Balaban J connectivity index is 1.91. The second kappa shape index (κ2) is 5.77. The van der Waals surface area contributed by atoms with E-state index in [9.17, 15) is 0 Å². The Hall–Kier alpha value is -1.65. The summed E-state index contributed by atoms with van der Waals surface area (Å²) in [6, 6.07) is 4.06. The van der Waals surface area contributed by atoms with Gasteiger partial charge in [-0.3, -0.25) is 9.97 Å². The van der Waals surface area contributed by atoms with Gasteiger partial charge in [0, 0.05) is 30.0 Å². The average molecular weight is 290 g/mol. The van der Waals surface area contributed by atoms with Crippen molar-refractivity contribution in [3.63, 3.8) is 0 Å². The third-order valence-corrected chi connectivity index (χ3v) is 3.76. The van der Waals surface area contributed by atoms with Crippen molar-refractivity contribution in [2.24, 2.45) is 0 Å². The van der Waals surface area contributed by atoms with E-state index in [2.05, 4.69) is 15.3 Å². The number of nitrogens with zero attached hydrogens (tertiary/aromatic N) is 2. The molecule has 0 saturated carbocycles. The molecule has 1 aromatic carbocycles. The molecule has 1 N–H and O–H groups in total. The van der Waals surface area contributed by atoms with Crippen molar-refractivity contribution in [1.29, 1.82) is 0 Å². The molecule has 1 unspecified atom stereocenters. The van der Waals surface area contributed by atoms with Crippen LogP contribution in [0.15, 0.2) is 30.7 Å². The van der Waals surface area contributed by atoms with Crippen LogP contribution >= 0.6 is 11.6 Å². The molecule has 20 heavy (non-hydrogen) atoms. The molecule has 0 spiro atoms. The van der Waals surface area contributed by atoms with E-state index in [0.29, 0.717) is 0 Å². The van der Waals surface area contributed by atoms with E-state index in [1.165, 1.54) is 5.56 Å². The highest BCUT2D eigenvalue weighted by atomic mass is 35.5. The molecule has 1 aromatic heterocycles. The molecule has 2 heterocycles. The van der Waals surface area contributed by atoms with Crippen molar-refractivity contribution >= 4 is 11.6 Å². The van der Waals surface area contributed by atoms with Gasteiger partial charge in [-0.15, -0.1) is 0 Å². The van der Waals surface area contributed by atoms with Crippen molar-refractivity contribution in [2.45, 2.75) is 18.9 Å². The Morgan fingerprint density at radius 2 is 2.30 bits per heavy atom. The molecule has 0 bridgehead atoms. The highest BCUT2D eigenvalue weighted by Crippen LogP contribution is 2.34. The number of hydrogen-bond acceptors (Lipinski definition) is 4. The number of benzene rings is 1. The number of ether oxygens (including phenoxy) is 1. The Kier molecular flexibility index (Phi) is 3.85. The second-order valence-electron chi connectivity index (χ2n) is 4.83. The van der Waals surface area contributed by atoms with Gasteiger partial charge in [0.1, 0.15) is 5.75 Å². The lowest BCUT2D eigenvalue weighted by Gasteiger charge is -2.17. The van der Waals surface area contributed by atoms with Gasteiger partial charge >= 0.3 is 0 Å². The number of aromatic nitrogens is 2. The first kappa shape index (κ1) is 13.3. The van der Waals surface area contributed by atoms with Crippen LogP contribution in [0.3, 0.4) is 0 Å². The zero-order valence-electron chi connectivity index (χ0n) is 11.3. The van der Waals surface area contributed by atoms with Gasteiger partial charge in [-0.1, -0.05) is 11.6 Å². The lowest BCUT2D eigenvalue weighted by atomic mass is 10.00. The van der Waals surface area contributed by atoms with Crippen LogP contribution in [-0.4, -0.2) is 23.6 Å². The molecule has 0 saturated heterocycles. The zero-order valence-corrected chi connectivity index (χ0v) is 12.0. The molecule has 104 valence electrons. The summed E-state index contributed by atoms with van der Waals surface area (Å²) >= 11 is 6.20. The summed E-state index contributed by atoms with van der Waals surface area (Å²) in [6.07, 6.45) is 6.87. The molecule has 0 aliphatic carbocycles. The maximum atomic E-state index is 6.20. The minimum absolute atomic E-state index is 0.0930. The SMILES string of the molecule is CNC(Cc1cc(Cl)cc2c1OCC2)c1cnccn1. The first-order valence-corrected chi connectivity index (χ1v) is 7.03. The number of halogens is 1. The van der Waals surface area contributed by atoms with Crippen LogP contribution in [0.4, 0.5) is 0 Å². The van der Waals surface area contributed by atoms with Crippen LogP contribution < -0.4 is 10.1 Å². The van der Waals surface area contributed by atoms with Crippen molar-refractivity contribution in [1.82, 2.24) is 15.3 Å². The van der Waals surface area contributed by atoms with E-state index in [0.717, 1.165) is 41.5 Å². The molecule has 0 amide bonds. The summed E-state index contributed by atoms with van der Waals surface area (Å²) in [5, 5.41) is 4.04. The lowest BCUT2D eigenvalue weighted by molar-refractivity contribution is 0.352. The van der Waals surface area contributed by atoms with Gasteiger partial charge in [-0.05, 0) is 36.7 Å². The second-order valence-corrected chi connectivity index (χ2v) is 5.26. The fourth-order valence-corrected chi connectivity index (χ4v) is 2.83. The number of hydrogen-bond donors (Lipinski definition) is 1. The maximum absolute atomic E-state index is 6.20. The van der Waals surface area contributed by atoms with Crippen molar-refractivity contribution < 1.29 is 4.74 Å². The topological polar surface area (TPSA) is 47.0 Å². The van der Waals surface area contributed by atoms with E-state index >= 15 is 0 Å². The highest BCUT2D eigenvalue weighted by Gasteiger charge is 2.21. The van der Waals surface area contributed by atoms with E-state index in [-0.39, 0.29) is 6.04 Å². The fraction of sp³-hybridized carbons (Fsp3) is 0.333. The van der Waals surface area contributed by atoms with Crippen molar-refractivity contribution in [3.8, 4) is 5.75 Å². The van der Waals surface area contributed by atoms with E-state index in [1.54, 1.807) is 18.6 Å². The number of likely N-dealkylation sites (N-methyl/N-ethyl adjacent to an activating group) is 1. The van der Waals surface area contributed by atoms with Crippen LogP contribution in [0.1, 0.15) is 22.9 Å². The first-order valence-electron chi connectivity index (χ1n) is 6.65. The predicted octanol–water partition coefficient (Wildman–Crippen LogP) is 2.57. The smallest absolute Gasteiger partial charge is 0.125 e. The monoisotopic (exact) mass is 289 g/mol. The molecule has 2 aromatic rings. The molecule has 4 nitrogen and oxygen atoms in total. The van der Waals surface area contributed by atoms with Gasteiger partial charge in [0.15, 0.2) is 0 Å². The lowest BCUT2D eigenvalue weighted by Crippen LogP contribution is -2.20. The van der Waals surface area contributed by atoms with Gasteiger partial charge in [0.25, 0.3) is 0 Å². The molecule has 0 fully saturated rings. The number of fused-ring (bicyclic) bond motifs is 1. The summed E-state index contributed by atoms with van der Waals surface area (Å²) in [6.45, 7) is 0.734. The molecule has 5 heteroatoms.